The molecule has 0 saturated carbocycles. The molecular formula is C26H39NO. The van der Waals surface area contributed by atoms with E-state index in [0.29, 0.717) is 24.2 Å². The molecule has 2 unspecified atom stereocenters. The summed E-state index contributed by atoms with van der Waals surface area (Å²) in [6.07, 6.45) is 9.28. The summed E-state index contributed by atoms with van der Waals surface area (Å²) >= 11 is 0. The third kappa shape index (κ3) is 4.59. The quantitative estimate of drug-likeness (QED) is 0.512. The van der Waals surface area contributed by atoms with Crippen molar-refractivity contribution in [3.8, 4) is 0 Å². The van der Waals surface area contributed by atoms with Crippen LogP contribution in [0.5, 0.6) is 0 Å². The van der Waals surface area contributed by atoms with Crippen LogP contribution >= 0.6 is 0 Å². The molecule has 1 aromatic rings. The van der Waals surface area contributed by atoms with Gasteiger partial charge in [0, 0.05) is 17.9 Å². The van der Waals surface area contributed by atoms with Gasteiger partial charge in [0.15, 0.2) is 0 Å². The van der Waals surface area contributed by atoms with E-state index in [1.165, 1.54) is 18.4 Å². The van der Waals surface area contributed by atoms with Gasteiger partial charge < -0.3 is 0 Å². The van der Waals surface area contributed by atoms with Crippen LogP contribution in [0.2, 0.25) is 0 Å². The maximum atomic E-state index is 13.3. The van der Waals surface area contributed by atoms with Gasteiger partial charge in [-0.15, -0.1) is 6.58 Å². The third-order valence-electron chi connectivity index (χ3n) is 7.17. The number of piperidine rings is 1. The summed E-state index contributed by atoms with van der Waals surface area (Å²) < 4.78 is 0. The molecule has 2 heteroatoms. The molecule has 1 fully saturated rings. The van der Waals surface area contributed by atoms with Crippen molar-refractivity contribution in [1.82, 2.24) is 4.90 Å². The zero-order chi connectivity index (χ0) is 20.4. The maximum absolute atomic E-state index is 13.3. The first kappa shape index (κ1) is 21.3. The van der Waals surface area contributed by atoms with Gasteiger partial charge in [0.2, 0.25) is 0 Å². The highest BCUT2D eigenvalue weighted by Gasteiger charge is 2.43. The van der Waals surface area contributed by atoms with Crippen LogP contribution < -0.4 is 0 Å². The van der Waals surface area contributed by atoms with Crippen molar-refractivity contribution in [3.63, 3.8) is 0 Å². The molecule has 0 spiro atoms. The molecule has 2 nitrogen and oxygen atoms in total. The molecular weight excluding hydrogens is 342 g/mol. The summed E-state index contributed by atoms with van der Waals surface area (Å²) in [6, 6.07) is 9.54. The van der Waals surface area contributed by atoms with Gasteiger partial charge in [-0.05, 0) is 74.1 Å². The van der Waals surface area contributed by atoms with Gasteiger partial charge in [-0.3, -0.25) is 9.69 Å². The summed E-state index contributed by atoms with van der Waals surface area (Å²) in [7, 11) is 0. The lowest BCUT2D eigenvalue weighted by Gasteiger charge is -2.44. The molecule has 1 aliphatic heterocycles. The minimum atomic E-state index is -0.207. The molecule has 0 aromatic heterocycles. The Labute approximate surface area is 172 Å². The lowest BCUT2D eigenvalue weighted by Crippen LogP contribution is -2.45. The number of carbonyl (C=O) groups is 1. The van der Waals surface area contributed by atoms with Gasteiger partial charge in [0.05, 0.1) is 0 Å². The van der Waals surface area contributed by atoms with Crippen LogP contribution in [-0.4, -0.2) is 23.8 Å². The minimum Gasteiger partial charge on any atom is -0.299 e. The first-order chi connectivity index (χ1) is 13.2. The van der Waals surface area contributed by atoms with Crippen molar-refractivity contribution in [2.45, 2.75) is 78.7 Å². The molecule has 0 amide bonds. The average molecular weight is 382 g/mol. The highest BCUT2D eigenvalue weighted by atomic mass is 16.1. The van der Waals surface area contributed by atoms with Gasteiger partial charge in [0.25, 0.3) is 0 Å². The minimum absolute atomic E-state index is 0.0563. The van der Waals surface area contributed by atoms with Crippen molar-refractivity contribution in [3.05, 3.63) is 48.0 Å². The number of hydrogen-bond acceptors (Lipinski definition) is 2. The number of allylic oxidation sites excluding steroid dienone is 1. The fraction of sp³-hybridized carbons (Fsp3) is 0.654. The molecule has 2 atom stereocenters. The molecule has 1 saturated heterocycles. The first-order valence-corrected chi connectivity index (χ1v) is 11.2. The van der Waals surface area contributed by atoms with E-state index < -0.39 is 0 Å². The maximum Gasteiger partial charge on any atom is 0.139 e. The van der Waals surface area contributed by atoms with E-state index in [-0.39, 0.29) is 10.8 Å². The number of Topliss-reactive ketones (excluding diaryl/α,β-unsaturated/α-hetero) is 1. The topological polar surface area (TPSA) is 20.3 Å². The summed E-state index contributed by atoms with van der Waals surface area (Å²) in [5, 5.41) is 0. The highest BCUT2D eigenvalue weighted by Crippen LogP contribution is 2.45. The Hall–Kier alpha value is -1.41. The fourth-order valence-corrected chi connectivity index (χ4v) is 5.42. The van der Waals surface area contributed by atoms with Crippen molar-refractivity contribution >= 4 is 5.78 Å². The van der Waals surface area contributed by atoms with E-state index in [0.717, 1.165) is 38.8 Å². The van der Waals surface area contributed by atoms with Crippen LogP contribution in [0.3, 0.4) is 0 Å². The number of hydrogen-bond donors (Lipinski definition) is 0. The molecule has 3 rings (SSSR count). The lowest BCUT2D eigenvalue weighted by molar-refractivity contribution is -0.134. The Morgan fingerprint density at radius 2 is 1.82 bits per heavy atom. The third-order valence-corrected chi connectivity index (χ3v) is 7.17. The van der Waals surface area contributed by atoms with Crippen LogP contribution in [0.15, 0.2) is 36.9 Å². The second kappa shape index (κ2) is 8.53. The van der Waals surface area contributed by atoms with Gasteiger partial charge >= 0.3 is 0 Å². The lowest BCUT2D eigenvalue weighted by atomic mass is 9.64. The predicted octanol–water partition coefficient (Wildman–Crippen LogP) is 6.36. The van der Waals surface area contributed by atoms with Crippen LogP contribution in [0.4, 0.5) is 0 Å². The first-order valence-electron chi connectivity index (χ1n) is 11.2. The van der Waals surface area contributed by atoms with E-state index in [1.807, 2.05) is 6.08 Å². The Morgan fingerprint density at radius 3 is 2.46 bits per heavy atom. The van der Waals surface area contributed by atoms with E-state index in [2.05, 4.69) is 63.4 Å². The summed E-state index contributed by atoms with van der Waals surface area (Å²) in [6.45, 7) is 14.9. The molecule has 2 aliphatic rings. The van der Waals surface area contributed by atoms with Gasteiger partial charge in [0.1, 0.15) is 5.78 Å². The van der Waals surface area contributed by atoms with Crippen LogP contribution in [0, 0.1) is 16.7 Å². The Balaban J connectivity index is 1.68. The van der Waals surface area contributed by atoms with E-state index in [9.17, 15) is 4.79 Å². The standard InChI is InChI=1S/C26H39NO/c1-6-7-16-26(5,24(28)19-25(2,3)4)21-14-17-27(18-15-21)23-13-12-20-10-8-9-11-22(20)23/h6,8-11,21,23H,1,7,12-19H2,2-5H3. The molecule has 28 heavy (non-hydrogen) atoms. The normalized spacial score (nSPS) is 23.2. The Morgan fingerprint density at radius 1 is 1.14 bits per heavy atom. The van der Waals surface area contributed by atoms with Crippen molar-refractivity contribution in [1.29, 1.82) is 0 Å². The monoisotopic (exact) mass is 381 g/mol. The second-order valence-electron chi connectivity index (χ2n) is 10.5. The number of ketones is 1. The second-order valence-corrected chi connectivity index (χ2v) is 10.5. The number of aryl methyl sites for hydroxylation is 1. The molecule has 1 aliphatic carbocycles. The fourth-order valence-electron chi connectivity index (χ4n) is 5.42. The Kier molecular flexibility index (Phi) is 6.49. The van der Waals surface area contributed by atoms with Crippen LogP contribution in [-0.2, 0) is 11.2 Å². The largest absolute Gasteiger partial charge is 0.299 e. The molecule has 154 valence electrons. The summed E-state index contributed by atoms with van der Waals surface area (Å²) in [4.78, 5) is 16.0. The molecule has 0 bridgehead atoms. The van der Waals surface area contributed by atoms with Crippen LogP contribution in [0.25, 0.3) is 0 Å². The Bertz CT molecular complexity index is 693. The highest BCUT2D eigenvalue weighted by molar-refractivity contribution is 5.85. The SMILES string of the molecule is C=CCCC(C)(C(=O)CC(C)(C)C)C1CCN(C2CCc3ccccc32)CC1. The van der Waals surface area contributed by atoms with Crippen molar-refractivity contribution < 1.29 is 4.79 Å². The summed E-state index contributed by atoms with van der Waals surface area (Å²) in [5.41, 5.74) is 2.92. The van der Waals surface area contributed by atoms with Crippen LogP contribution in [0.1, 0.15) is 83.4 Å². The number of carbonyl (C=O) groups excluding carboxylic acids is 1. The molecule has 1 aromatic carbocycles. The van der Waals surface area contributed by atoms with E-state index >= 15 is 0 Å². The number of benzene rings is 1. The van der Waals surface area contributed by atoms with Gasteiger partial charge in [-0.25, -0.2) is 0 Å². The summed E-state index contributed by atoms with van der Waals surface area (Å²) in [5.74, 6) is 0.960. The van der Waals surface area contributed by atoms with E-state index in [4.69, 9.17) is 0 Å². The zero-order valence-corrected chi connectivity index (χ0v) is 18.5. The van der Waals surface area contributed by atoms with E-state index in [1.54, 1.807) is 5.56 Å². The van der Waals surface area contributed by atoms with Gasteiger partial charge in [-0.1, -0.05) is 58.0 Å². The van der Waals surface area contributed by atoms with Gasteiger partial charge in [-0.2, -0.15) is 0 Å². The average Bonchev–Trinajstić information content (AvgIpc) is 3.09. The number of likely N-dealkylation sites (tertiary alicyclic amines) is 1. The zero-order valence-electron chi connectivity index (χ0n) is 18.5. The van der Waals surface area contributed by atoms with Crippen molar-refractivity contribution in [2.75, 3.05) is 13.1 Å². The predicted molar refractivity (Wildman–Crippen MR) is 118 cm³/mol. The van der Waals surface area contributed by atoms with Crippen molar-refractivity contribution in [2.24, 2.45) is 16.7 Å². The molecule has 0 N–H and O–H groups in total. The molecule has 0 radical (unpaired) electrons. The number of nitrogens with zero attached hydrogens (tertiary/aromatic N) is 1. The number of rotatable bonds is 7. The molecule has 1 heterocycles. The smallest absolute Gasteiger partial charge is 0.139 e. The number of fused-ring (bicyclic) bond motifs is 1.